The van der Waals surface area contributed by atoms with Gasteiger partial charge in [-0.1, -0.05) is 13.0 Å². The quantitative estimate of drug-likeness (QED) is 0.528. The van der Waals surface area contributed by atoms with E-state index in [1.54, 1.807) is 13.0 Å². The number of aromatic nitrogens is 2. The van der Waals surface area contributed by atoms with E-state index in [1.807, 2.05) is 25.3 Å². The van der Waals surface area contributed by atoms with Gasteiger partial charge in [-0.15, -0.1) is 0 Å². The molecule has 0 spiro atoms. The van der Waals surface area contributed by atoms with Gasteiger partial charge in [-0.2, -0.15) is 13.2 Å². The monoisotopic (exact) mass is 393 g/mol. The number of alkyl halides is 3. The van der Waals surface area contributed by atoms with Gasteiger partial charge >= 0.3 is 6.18 Å². The third kappa shape index (κ3) is 3.70. The molecule has 0 saturated carbocycles. The van der Waals surface area contributed by atoms with Crippen LogP contribution in [0.5, 0.6) is 0 Å². The molecule has 0 saturated heterocycles. The maximum absolute atomic E-state index is 13.4. The third-order valence-corrected chi connectivity index (χ3v) is 5.10. The maximum atomic E-state index is 13.4. The molecule has 0 unspecified atom stereocenters. The van der Waals surface area contributed by atoms with Gasteiger partial charge in [-0.05, 0) is 62.1 Å². The van der Waals surface area contributed by atoms with Crippen molar-refractivity contribution < 1.29 is 17.6 Å². The van der Waals surface area contributed by atoms with Gasteiger partial charge in [0.15, 0.2) is 5.82 Å². The SMILES string of the molecule is CCCn1c(C)c(C)c2cc(C(F)(F)F)nc(NCc3ccc(F)cc3C)c21. The summed E-state index contributed by atoms with van der Waals surface area (Å²) in [5, 5.41) is 3.61. The Balaban J connectivity index is 2.13. The van der Waals surface area contributed by atoms with E-state index in [1.165, 1.54) is 12.1 Å². The van der Waals surface area contributed by atoms with Gasteiger partial charge in [-0.25, -0.2) is 9.37 Å². The number of halogens is 4. The zero-order valence-corrected chi connectivity index (χ0v) is 16.3. The van der Waals surface area contributed by atoms with Crippen molar-refractivity contribution >= 4 is 16.7 Å². The highest BCUT2D eigenvalue weighted by atomic mass is 19.4. The van der Waals surface area contributed by atoms with E-state index >= 15 is 0 Å². The Morgan fingerprint density at radius 1 is 1.11 bits per heavy atom. The molecular weight excluding hydrogens is 370 g/mol. The second-order valence-corrected chi connectivity index (χ2v) is 7.04. The van der Waals surface area contributed by atoms with E-state index in [2.05, 4.69) is 10.3 Å². The number of hydrogen-bond acceptors (Lipinski definition) is 2. The zero-order valence-electron chi connectivity index (χ0n) is 16.3. The normalized spacial score (nSPS) is 12.0. The Morgan fingerprint density at radius 2 is 1.82 bits per heavy atom. The van der Waals surface area contributed by atoms with Gasteiger partial charge in [0.1, 0.15) is 11.5 Å². The molecule has 0 bridgehead atoms. The lowest BCUT2D eigenvalue weighted by atomic mass is 10.1. The summed E-state index contributed by atoms with van der Waals surface area (Å²) >= 11 is 0. The van der Waals surface area contributed by atoms with Crippen LogP contribution in [-0.2, 0) is 19.3 Å². The van der Waals surface area contributed by atoms with Crippen LogP contribution in [-0.4, -0.2) is 9.55 Å². The second kappa shape index (κ2) is 7.45. The summed E-state index contributed by atoms with van der Waals surface area (Å²) in [6.07, 6.45) is -3.69. The molecule has 3 rings (SSSR count). The highest BCUT2D eigenvalue weighted by molar-refractivity contribution is 5.93. The largest absolute Gasteiger partial charge is 0.433 e. The summed E-state index contributed by atoms with van der Waals surface area (Å²) in [6, 6.07) is 5.50. The van der Waals surface area contributed by atoms with Gasteiger partial charge in [0.25, 0.3) is 0 Å². The number of benzene rings is 1. The van der Waals surface area contributed by atoms with Crippen LogP contribution in [0, 0.1) is 26.6 Å². The number of nitrogens with one attached hydrogen (secondary N) is 1. The van der Waals surface area contributed by atoms with E-state index in [4.69, 9.17) is 0 Å². The Bertz CT molecular complexity index is 1020. The van der Waals surface area contributed by atoms with Crippen molar-refractivity contribution in [1.82, 2.24) is 9.55 Å². The van der Waals surface area contributed by atoms with Gasteiger partial charge in [0.2, 0.25) is 0 Å². The molecule has 3 nitrogen and oxygen atoms in total. The number of hydrogen-bond donors (Lipinski definition) is 1. The highest BCUT2D eigenvalue weighted by Gasteiger charge is 2.34. The minimum Gasteiger partial charge on any atom is -0.364 e. The van der Waals surface area contributed by atoms with E-state index < -0.39 is 11.9 Å². The first-order chi connectivity index (χ1) is 13.1. The van der Waals surface area contributed by atoms with Crippen molar-refractivity contribution in [2.45, 2.75) is 53.4 Å². The molecule has 3 aromatic rings. The van der Waals surface area contributed by atoms with Crippen molar-refractivity contribution in [3.8, 4) is 0 Å². The van der Waals surface area contributed by atoms with Gasteiger partial charge in [0, 0.05) is 24.2 Å². The molecule has 0 amide bonds. The maximum Gasteiger partial charge on any atom is 0.433 e. The molecule has 0 aliphatic rings. The highest BCUT2D eigenvalue weighted by Crippen LogP contribution is 2.36. The van der Waals surface area contributed by atoms with Gasteiger partial charge in [0.05, 0.1) is 5.52 Å². The second-order valence-electron chi connectivity index (χ2n) is 7.04. The lowest BCUT2D eigenvalue weighted by Gasteiger charge is -2.15. The van der Waals surface area contributed by atoms with E-state index in [9.17, 15) is 17.6 Å². The molecule has 1 N–H and O–H groups in total. The average molecular weight is 393 g/mol. The number of anilines is 1. The predicted octanol–water partition coefficient (Wildman–Crippen LogP) is 6.14. The fourth-order valence-corrected chi connectivity index (χ4v) is 3.47. The lowest BCUT2D eigenvalue weighted by molar-refractivity contribution is -0.141. The number of fused-ring (bicyclic) bond motifs is 1. The fourth-order valence-electron chi connectivity index (χ4n) is 3.47. The van der Waals surface area contributed by atoms with Crippen LogP contribution in [0.25, 0.3) is 10.9 Å². The van der Waals surface area contributed by atoms with Crippen LogP contribution in [0.2, 0.25) is 0 Å². The molecule has 1 aromatic carbocycles. The van der Waals surface area contributed by atoms with Crippen molar-refractivity contribution in [1.29, 1.82) is 0 Å². The average Bonchev–Trinajstić information content (AvgIpc) is 2.85. The molecule has 150 valence electrons. The number of pyridine rings is 1. The number of rotatable bonds is 5. The predicted molar refractivity (Wildman–Crippen MR) is 103 cm³/mol. The molecule has 0 fully saturated rings. The Kier molecular flexibility index (Phi) is 5.37. The van der Waals surface area contributed by atoms with Gasteiger partial charge in [-0.3, -0.25) is 0 Å². The summed E-state index contributed by atoms with van der Waals surface area (Å²) < 4.78 is 55.6. The molecule has 2 heterocycles. The first-order valence-electron chi connectivity index (χ1n) is 9.20. The molecule has 0 atom stereocenters. The standard InChI is InChI=1S/C21H23F4N3/c1-5-8-28-14(4)13(3)17-10-18(21(23,24)25)27-20(19(17)28)26-11-15-6-7-16(22)9-12(15)2/h6-7,9-10H,5,8,11H2,1-4H3,(H,26,27). The van der Waals surface area contributed by atoms with Gasteiger partial charge < -0.3 is 9.88 Å². The minimum atomic E-state index is -4.54. The smallest absolute Gasteiger partial charge is 0.364 e. The zero-order chi connectivity index (χ0) is 20.6. The van der Waals surface area contributed by atoms with Crippen molar-refractivity contribution in [3.63, 3.8) is 0 Å². The van der Waals surface area contributed by atoms with Crippen molar-refractivity contribution in [3.05, 3.63) is 58.2 Å². The van der Waals surface area contributed by atoms with Crippen molar-refractivity contribution in [2.75, 3.05) is 5.32 Å². The molecular formula is C21H23F4N3. The first-order valence-corrected chi connectivity index (χ1v) is 9.20. The van der Waals surface area contributed by atoms with Crippen LogP contribution >= 0.6 is 0 Å². The summed E-state index contributed by atoms with van der Waals surface area (Å²) in [7, 11) is 0. The molecule has 2 aromatic heterocycles. The van der Waals surface area contributed by atoms with Crippen LogP contribution in [0.3, 0.4) is 0 Å². The summed E-state index contributed by atoms with van der Waals surface area (Å²) in [4.78, 5) is 3.90. The Hall–Kier alpha value is -2.57. The molecule has 0 radical (unpaired) electrons. The summed E-state index contributed by atoms with van der Waals surface area (Å²) in [5.74, 6) is -0.151. The topological polar surface area (TPSA) is 29.9 Å². The van der Waals surface area contributed by atoms with Crippen LogP contribution in [0.4, 0.5) is 23.4 Å². The Morgan fingerprint density at radius 3 is 2.43 bits per heavy atom. The Labute approximate surface area is 161 Å². The summed E-state index contributed by atoms with van der Waals surface area (Å²) in [5.41, 5.74) is 3.03. The van der Waals surface area contributed by atoms with E-state index in [-0.39, 0.29) is 18.2 Å². The van der Waals surface area contributed by atoms with Crippen LogP contribution in [0.15, 0.2) is 24.3 Å². The third-order valence-electron chi connectivity index (χ3n) is 5.10. The molecule has 28 heavy (non-hydrogen) atoms. The fraction of sp³-hybridized carbons (Fsp3) is 0.381. The van der Waals surface area contributed by atoms with Crippen LogP contribution < -0.4 is 5.32 Å². The lowest BCUT2D eigenvalue weighted by Crippen LogP contribution is -2.12. The number of nitrogens with zero attached hydrogens (tertiary/aromatic N) is 2. The molecule has 7 heteroatoms. The van der Waals surface area contributed by atoms with Crippen LogP contribution in [0.1, 0.15) is 41.4 Å². The molecule has 0 aliphatic heterocycles. The summed E-state index contributed by atoms with van der Waals surface area (Å²) in [6.45, 7) is 8.47. The molecule has 0 aliphatic carbocycles. The van der Waals surface area contributed by atoms with E-state index in [0.717, 1.165) is 34.9 Å². The van der Waals surface area contributed by atoms with Crippen molar-refractivity contribution in [2.24, 2.45) is 0 Å². The van der Waals surface area contributed by atoms with E-state index in [0.29, 0.717) is 17.4 Å². The first kappa shape index (κ1) is 20.2. The number of aryl methyl sites for hydroxylation is 3. The minimum absolute atomic E-state index is 0.193.